The van der Waals surface area contributed by atoms with Crippen LogP contribution in [0.15, 0.2) is 60.8 Å². The molecule has 3 rings (SSSR count). The Kier molecular flexibility index (Phi) is 5.99. The highest BCUT2D eigenvalue weighted by atomic mass is 19.1. The third kappa shape index (κ3) is 5.28. The minimum Gasteiger partial charge on any atom is -0.452 e. The number of fused-ring (bicyclic) bond motifs is 1. The average molecular weight is 366 g/mol. The van der Waals surface area contributed by atoms with Gasteiger partial charge in [-0.15, -0.1) is 0 Å². The molecule has 3 aromatic rings. The van der Waals surface area contributed by atoms with Crippen molar-refractivity contribution in [2.45, 2.75) is 6.42 Å². The molecule has 2 aromatic carbocycles. The van der Waals surface area contributed by atoms with Crippen LogP contribution in [0.1, 0.15) is 11.1 Å². The van der Waals surface area contributed by atoms with Crippen molar-refractivity contribution < 1.29 is 18.7 Å². The molecule has 1 aromatic heterocycles. The number of hydrogen-bond donors (Lipinski definition) is 2. The summed E-state index contributed by atoms with van der Waals surface area (Å²) in [6, 6.07) is 13.8. The Labute approximate surface area is 155 Å². The van der Waals surface area contributed by atoms with Crippen molar-refractivity contribution in [1.82, 2.24) is 10.3 Å². The van der Waals surface area contributed by atoms with Gasteiger partial charge in [0.05, 0.1) is 0 Å². The smallest absolute Gasteiger partial charge is 0.331 e. The molecule has 1 heterocycles. The van der Waals surface area contributed by atoms with Gasteiger partial charge in [-0.1, -0.05) is 30.3 Å². The van der Waals surface area contributed by atoms with Crippen LogP contribution in [0.2, 0.25) is 0 Å². The first-order valence-corrected chi connectivity index (χ1v) is 8.54. The van der Waals surface area contributed by atoms with Crippen LogP contribution in [0.3, 0.4) is 0 Å². The Balaban J connectivity index is 1.40. The number of para-hydroxylation sites is 1. The molecular weight excluding hydrogens is 347 g/mol. The highest BCUT2D eigenvalue weighted by molar-refractivity contribution is 5.89. The lowest BCUT2D eigenvalue weighted by molar-refractivity contribution is -0.143. The predicted octanol–water partition coefficient (Wildman–Crippen LogP) is 3.22. The van der Waals surface area contributed by atoms with Gasteiger partial charge in [-0.05, 0) is 41.8 Å². The Bertz CT molecular complexity index is 978. The van der Waals surface area contributed by atoms with E-state index in [4.69, 9.17) is 4.74 Å². The standard InChI is InChI=1S/C21H19FN2O3/c22-17-5-3-4-15(12-17)8-9-21(26)27-14-20(25)23-11-10-16-13-24-19-7-2-1-6-18(16)19/h1-9,12-13,24H,10-11,14H2,(H,23,25)/b9-8+. The highest BCUT2D eigenvalue weighted by Crippen LogP contribution is 2.17. The Morgan fingerprint density at radius 1 is 1.15 bits per heavy atom. The van der Waals surface area contributed by atoms with Crippen LogP contribution in [0.4, 0.5) is 4.39 Å². The van der Waals surface area contributed by atoms with E-state index in [0.29, 0.717) is 18.5 Å². The minimum atomic E-state index is -0.661. The number of nitrogens with one attached hydrogen (secondary N) is 2. The number of aromatic nitrogens is 1. The zero-order valence-electron chi connectivity index (χ0n) is 14.6. The van der Waals surface area contributed by atoms with E-state index in [1.807, 2.05) is 30.5 Å². The summed E-state index contributed by atoms with van der Waals surface area (Å²) in [6.45, 7) is 0.0809. The molecule has 27 heavy (non-hydrogen) atoms. The van der Waals surface area contributed by atoms with Crippen molar-refractivity contribution in [2.75, 3.05) is 13.2 Å². The number of esters is 1. The van der Waals surface area contributed by atoms with E-state index in [1.54, 1.807) is 12.1 Å². The van der Waals surface area contributed by atoms with Gasteiger partial charge in [0.1, 0.15) is 5.82 Å². The van der Waals surface area contributed by atoms with Crippen molar-refractivity contribution in [3.8, 4) is 0 Å². The quantitative estimate of drug-likeness (QED) is 0.498. The van der Waals surface area contributed by atoms with Crippen molar-refractivity contribution in [2.24, 2.45) is 0 Å². The number of rotatable bonds is 7. The van der Waals surface area contributed by atoms with E-state index in [0.717, 1.165) is 22.5 Å². The van der Waals surface area contributed by atoms with Crippen LogP contribution in [-0.2, 0) is 20.7 Å². The zero-order valence-corrected chi connectivity index (χ0v) is 14.6. The molecule has 0 atom stereocenters. The third-order valence-corrected chi connectivity index (χ3v) is 4.00. The van der Waals surface area contributed by atoms with Crippen LogP contribution in [-0.4, -0.2) is 30.0 Å². The molecule has 0 fully saturated rings. The minimum absolute atomic E-state index is 0.361. The van der Waals surface area contributed by atoms with Gasteiger partial charge in [-0.25, -0.2) is 9.18 Å². The lowest BCUT2D eigenvalue weighted by Crippen LogP contribution is -2.30. The second-order valence-electron chi connectivity index (χ2n) is 5.96. The lowest BCUT2D eigenvalue weighted by atomic mass is 10.1. The van der Waals surface area contributed by atoms with Gasteiger partial charge < -0.3 is 15.0 Å². The van der Waals surface area contributed by atoms with Gasteiger partial charge in [0, 0.05) is 29.7 Å². The number of carbonyl (C=O) groups excluding carboxylic acids is 2. The van der Waals surface area contributed by atoms with E-state index in [-0.39, 0.29) is 18.3 Å². The summed E-state index contributed by atoms with van der Waals surface area (Å²) < 4.78 is 17.9. The van der Waals surface area contributed by atoms with Crippen molar-refractivity contribution in [3.63, 3.8) is 0 Å². The van der Waals surface area contributed by atoms with Gasteiger partial charge in [0.25, 0.3) is 5.91 Å². The van der Waals surface area contributed by atoms with Gasteiger partial charge in [-0.3, -0.25) is 4.79 Å². The normalized spacial score (nSPS) is 11.0. The number of H-pyrrole nitrogens is 1. The molecule has 0 aliphatic rings. The molecule has 1 amide bonds. The number of amides is 1. The molecule has 2 N–H and O–H groups in total. The number of ether oxygens (including phenoxy) is 1. The monoisotopic (exact) mass is 366 g/mol. The maximum Gasteiger partial charge on any atom is 0.331 e. The third-order valence-electron chi connectivity index (χ3n) is 4.00. The molecule has 0 unspecified atom stereocenters. The molecule has 138 valence electrons. The molecule has 0 saturated heterocycles. The average Bonchev–Trinajstić information content (AvgIpc) is 3.08. The highest BCUT2D eigenvalue weighted by Gasteiger charge is 2.06. The van der Waals surface area contributed by atoms with Gasteiger partial charge in [0.2, 0.25) is 0 Å². The summed E-state index contributed by atoms with van der Waals surface area (Å²) in [5.41, 5.74) is 2.70. The van der Waals surface area contributed by atoms with Crippen molar-refractivity contribution in [1.29, 1.82) is 0 Å². The zero-order chi connectivity index (χ0) is 19.1. The molecule has 0 aliphatic heterocycles. The summed E-state index contributed by atoms with van der Waals surface area (Å²) >= 11 is 0. The van der Waals surface area contributed by atoms with Crippen LogP contribution in [0.5, 0.6) is 0 Å². The molecule has 6 heteroatoms. The van der Waals surface area contributed by atoms with Crippen molar-refractivity contribution in [3.05, 3.63) is 77.7 Å². The second-order valence-corrected chi connectivity index (χ2v) is 5.96. The molecule has 0 spiro atoms. The van der Waals surface area contributed by atoms with Gasteiger partial charge in [0.15, 0.2) is 6.61 Å². The molecule has 0 saturated carbocycles. The van der Waals surface area contributed by atoms with E-state index in [1.165, 1.54) is 18.2 Å². The maximum absolute atomic E-state index is 13.0. The number of carbonyl (C=O) groups is 2. The fourth-order valence-corrected chi connectivity index (χ4v) is 2.69. The summed E-state index contributed by atoms with van der Waals surface area (Å²) in [4.78, 5) is 26.6. The summed E-state index contributed by atoms with van der Waals surface area (Å²) in [5, 5.41) is 3.84. The number of aromatic amines is 1. The molecule has 5 nitrogen and oxygen atoms in total. The topological polar surface area (TPSA) is 71.2 Å². The Morgan fingerprint density at radius 2 is 2.00 bits per heavy atom. The second kappa shape index (κ2) is 8.80. The summed E-state index contributed by atoms with van der Waals surface area (Å²) in [5.74, 6) is -1.42. The van der Waals surface area contributed by atoms with E-state index in [9.17, 15) is 14.0 Å². The lowest BCUT2D eigenvalue weighted by Gasteiger charge is -2.05. The largest absolute Gasteiger partial charge is 0.452 e. The maximum atomic E-state index is 13.0. The first-order valence-electron chi connectivity index (χ1n) is 8.54. The first-order chi connectivity index (χ1) is 13.1. The number of hydrogen-bond acceptors (Lipinski definition) is 3. The molecule has 0 aliphatic carbocycles. The molecule has 0 bridgehead atoms. The van der Waals surface area contributed by atoms with Crippen molar-refractivity contribution >= 4 is 28.9 Å². The van der Waals surface area contributed by atoms with Crippen LogP contribution in [0.25, 0.3) is 17.0 Å². The fourth-order valence-electron chi connectivity index (χ4n) is 2.69. The van der Waals surface area contributed by atoms with E-state index >= 15 is 0 Å². The molecular formula is C21H19FN2O3. The SMILES string of the molecule is O=C(COC(=O)/C=C/c1cccc(F)c1)NCCc1c[nH]c2ccccc12. The first kappa shape index (κ1) is 18.4. The van der Waals surface area contributed by atoms with Gasteiger partial charge in [-0.2, -0.15) is 0 Å². The summed E-state index contributed by atoms with van der Waals surface area (Å²) in [6.07, 6.45) is 5.19. The summed E-state index contributed by atoms with van der Waals surface area (Å²) in [7, 11) is 0. The van der Waals surface area contributed by atoms with Crippen LogP contribution in [0, 0.1) is 5.82 Å². The van der Waals surface area contributed by atoms with Crippen LogP contribution < -0.4 is 5.32 Å². The van der Waals surface area contributed by atoms with E-state index < -0.39 is 5.97 Å². The number of halogens is 1. The Hall–Kier alpha value is -3.41. The predicted molar refractivity (Wildman–Crippen MR) is 101 cm³/mol. The molecule has 0 radical (unpaired) electrons. The van der Waals surface area contributed by atoms with E-state index in [2.05, 4.69) is 10.3 Å². The fraction of sp³-hybridized carbons (Fsp3) is 0.143. The van der Waals surface area contributed by atoms with Crippen LogP contribution >= 0.6 is 0 Å². The Morgan fingerprint density at radius 3 is 2.85 bits per heavy atom. The number of benzene rings is 2. The van der Waals surface area contributed by atoms with Gasteiger partial charge >= 0.3 is 5.97 Å².